The van der Waals surface area contributed by atoms with Gasteiger partial charge in [-0.25, -0.2) is 0 Å². The van der Waals surface area contributed by atoms with E-state index in [0.717, 1.165) is 21.2 Å². The second-order valence-electron chi connectivity index (χ2n) is 2.95. The van der Waals surface area contributed by atoms with Crippen LogP contribution in [0.15, 0.2) is 17.5 Å². The lowest BCUT2D eigenvalue weighted by Gasteiger charge is -2.03. The second kappa shape index (κ2) is 4.07. The van der Waals surface area contributed by atoms with Gasteiger partial charge in [-0.3, -0.25) is 0 Å². The summed E-state index contributed by atoms with van der Waals surface area (Å²) in [5.41, 5.74) is 1.82. The molecule has 0 fully saturated rings. The first-order valence-electron chi connectivity index (χ1n) is 4.12. The molecule has 0 atom stereocenters. The Morgan fingerprint density at radius 1 is 1.36 bits per heavy atom. The van der Waals surface area contributed by atoms with Crippen molar-refractivity contribution in [2.24, 2.45) is 0 Å². The average Bonchev–Trinajstić information content (AvgIpc) is 2.61. The number of halogens is 2. The van der Waals surface area contributed by atoms with Crippen molar-refractivity contribution in [2.75, 3.05) is 0 Å². The number of thiophene rings is 1. The molecule has 1 heterocycles. The van der Waals surface area contributed by atoms with E-state index in [9.17, 15) is 0 Å². The van der Waals surface area contributed by atoms with E-state index in [1.165, 1.54) is 0 Å². The van der Waals surface area contributed by atoms with Crippen molar-refractivity contribution in [2.45, 2.75) is 12.5 Å². The summed E-state index contributed by atoms with van der Waals surface area (Å²) in [5, 5.41) is 12.8. The maximum Gasteiger partial charge on any atom is 0.0696 e. The quantitative estimate of drug-likeness (QED) is 0.800. The fraction of sp³-hybridized carbons (Fsp3) is 0.200. The van der Waals surface area contributed by atoms with Crippen LogP contribution in [0.4, 0.5) is 0 Å². The summed E-state index contributed by atoms with van der Waals surface area (Å²) < 4.78 is 1.12. The maximum absolute atomic E-state index is 9.16. The van der Waals surface area contributed by atoms with E-state index in [1.54, 1.807) is 11.3 Å². The van der Waals surface area contributed by atoms with Crippen molar-refractivity contribution >= 4 is 44.6 Å². The summed E-state index contributed by atoms with van der Waals surface area (Å²) in [6.45, 7) is 0.0320. The minimum absolute atomic E-state index is 0.0320. The van der Waals surface area contributed by atoms with Gasteiger partial charge >= 0.3 is 0 Å². The SMILES string of the molecule is OCc1csc2ccc(Cl)c(CCl)c12. The molecule has 0 spiro atoms. The third kappa shape index (κ3) is 1.52. The molecule has 1 N–H and O–H groups in total. The summed E-state index contributed by atoms with van der Waals surface area (Å²) in [4.78, 5) is 0. The first-order valence-corrected chi connectivity index (χ1v) is 5.91. The van der Waals surface area contributed by atoms with E-state index in [-0.39, 0.29) is 6.61 Å². The largest absolute Gasteiger partial charge is 0.392 e. The molecule has 0 aliphatic carbocycles. The van der Waals surface area contributed by atoms with Crippen molar-refractivity contribution in [1.29, 1.82) is 0 Å². The number of hydrogen-bond donors (Lipinski definition) is 1. The highest BCUT2D eigenvalue weighted by atomic mass is 35.5. The molecule has 2 rings (SSSR count). The Labute approximate surface area is 95.9 Å². The summed E-state index contributed by atoms with van der Waals surface area (Å²) in [6.07, 6.45) is 0. The molecule has 0 bridgehead atoms. The standard InChI is InChI=1S/C10H8Cl2OS/c11-3-7-8(12)1-2-9-10(7)6(4-13)5-14-9/h1-2,5,13H,3-4H2. The smallest absolute Gasteiger partial charge is 0.0696 e. The fourth-order valence-corrected chi connectivity index (χ4v) is 3.04. The molecule has 0 radical (unpaired) electrons. The van der Waals surface area contributed by atoms with E-state index >= 15 is 0 Å². The number of alkyl halides is 1. The van der Waals surface area contributed by atoms with Gasteiger partial charge in [0.15, 0.2) is 0 Å². The molecule has 1 aromatic heterocycles. The molecule has 0 unspecified atom stereocenters. The van der Waals surface area contributed by atoms with Crippen LogP contribution in [0.3, 0.4) is 0 Å². The monoisotopic (exact) mass is 246 g/mol. The van der Waals surface area contributed by atoms with Crippen LogP contribution in [0.25, 0.3) is 10.1 Å². The van der Waals surface area contributed by atoms with Gasteiger partial charge in [0.2, 0.25) is 0 Å². The number of fused-ring (bicyclic) bond motifs is 1. The molecule has 0 aliphatic heterocycles. The Morgan fingerprint density at radius 2 is 2.14 bits per heavy atom. The van der Waals surface area contributed by atoms with E-state index in [4.69, 9.17) is 28.3 Å². The van der Waals surface area contributed by atoms with Crippen molar-refractivity contribution in [1.82, 2.24) is 0 Å². The summed E-state index contributed by atoms with van der Waals surface area (Å²) >= 11 is 13.5. The fourth-order valence-electron chi connectivity index (χ4n) is 1.49. The molecule has 0 amide bonds. The molecule has 0 aliphatic rings. The van der Waals surface area contributed by atoms with Gasteiger partial charge in [-0.15, -0.1) is 22.9 Å². The normalized spacial score (nSPS) is 11.1. The van der Waals surface area contributed by atoms with E-state index < -0.39 is 0 Å². The van der Waals surface area contributed by atoms with Crippen molar-refractivity contribution in [3.8, 4) is 0 Å². The average molecular weight is 247 g/mol. The Bertz CT molecular complexity index is 464. The van der Waals surface area contributed by atoms with Gasteiger partial charge in [0.25, 0.3) is 0 Å². The molecule has 2 aromatic rings. The molecule has 0 saturated carbocycles. The minimum atomic E-state index is 0.0320. The number of hydrogen-bond acceptors (Lipinski definition) is 2. The predicted octanol–water partition coefficient (Wildman–Crippen LogP) is 3.79. The van der Waals surface area contributed by atoms with Crippen molar-refractivity contribution in [3.63, 3.8) is 0 Å². The summed E-state index contributed by atoms with van der Waals surface area (Å²) in [7, 11) is 0. The van der Waals surface area contributed by atoms with Gasteiger partial charge in [0.05, 0.1) is 6.61 Å². The summed E-state index contributed by atoms with van der Waals surface area (Å²) in [5.74, 6) is 0.375. The van der Waals surface area contributed by atoms with Crippen LogP contribution in [0, 0.1) is 0 Å². The first-order chi connectivity index (χ1) is 6.77. The van der Waals surface area contributed by atoms with Gasteiger partial charge < -0.3 is 5.11 Å². The number of rotatable bonds is 2. The third-order valence-electron chi connectivity index (χ3n) is 2.17. The van der Waals surface area contributed by atoms with Crippen LogP contribution in [-0.2, 0) is 12.5 Å². The molecular formula is C10H8Cl2OS. The van der Waals surface area contributed by atoms with Crippen LogP contribution in [0.5, 0.6) is 0 Å². The Balaban J connectivity index is 2.81. The molecule has 1 aromatic carbocycles. The molecular weight excluding hydrogens is 239 g/mol. The van der Waals surface area contributed by atoms with E-state index in [0.29, 0.717) is 10.9 Å². The van der Waals surface area contributed by atoms with Crippen LogP contribution in [0.2, 0.25) is 5.02 Å². The lowest BCUT2D eigenvalue weighted by Crippen LogP contribution is -1.86. The topological polar surface area (TPSA) is 20.2 Å². The van der Waals surface area contributed by atoms with Crippen LogP contribution in [-0.4, -0.2) is 5.11 Å². The van der Waals surface area contributed by atoms with Gasteiger partial charge in [-0.05, 0) is 28.6 Å². The lowest BCUT2D eigenvalue weighted by atomic mass is 10.1. The zero-order chi connectivity index (χ0) is 10.1. The van der Waals surface area contributed by atoms with Gasteiger partial charge in [0.1, 0.15) is 0 Å². The van der Waals surface area contributed by atoms with Gasteiger partial charge in [0, 0.05) is 21.0 Å². The highest BCUT2D eigenvalue weighted by Gasteiger charge is 2.10. The van der Waals surface area contributed by atoms with E-state index in [1.807, 2.05) is 17.5 Å². The zero-order valence-electron chi connectivity index (χ0n) is 7.26. The van der Waals surface area contributed by atoms with Crippen LogP contribution >= 0.6 is 34.5 Å². The zero-order valence-corrected chi connectivity index (χ0v) is 9.59. The first kappa shape index (κ1) is 10.2. The van der Waals surface area contributed by atoms with Crippen LogP contribution < -0.4 is 0 Å². The van der Waals surface area contributed by atoms with Gasteiger partial charge in [-0.2, -0.15) is 0 Å². The Morgan fingerprint density at radius 3 is 2.79 bits per heavy atom. The van der Waals surface area contributed by atoms with Gasteiger partial charge in [-0.1, -0.05) is 11.6 Å². The highest BCUT2D eigenvalue weighted by molar-refractivity contribution is 7.17. The second-order valence-corrected chi connectivity index (χ2v) is 4.54. The van der Waals surface area contributed by atoms with E-state index in [2.05, 4.69) is 0 Å². The molecule has 74 valence electrons. The Hall–Kier alpha value is -0.280. The van der Waals surface area contributed by atoms with Crippen molar-refractivity contribution < 1.29 is 5.11 Å². The summed E-state index contributed by atoms with van der Waals surface area (Å²) in [6, 6.07) is 3.80. The highest BCUT2D eigenvalue weighted by Crippen LogP contribution is 2.34. The maximum atomic E-state index is 9.16. The number of aliphatic hydroxyl groups is 1. The molecule has 0 saturated heterocycles. The predicted molar refractivity (Wildman–Crippen MR) is 62.3 cm³/mol. The molecule has 14 heavy (non-hydrogen) atoms. The lowest BCUT2D eigenvalue weighted by molar-refractivity contribution is 0.283. The minimum Gasteiger partial charge on any atom is -0.392 e. The molecule has 4 heteroatoms. The third-order valence-corrected chi connectivity index (χ3v) is 3.79. The number of aliphatic hydroxyl groups excluding tert-OH is 1. The van der Waals surface area contributed by atoms with Crippen LogP contribution in [0.1, 0.15) is 11.1 Å². The molecule has 1 nitrogen and oxygen atoms in total. The number of benzene rings is 1. The Kier molecular flexibility index (Phi) is 2.98. The van der Waals surface area contributed by atoms with Crippen molar-refractivity contribution in [3.05, 3.63) is 33.7 Å².